The van der Waals surface area contributed by atoms with Crippen molar-refractivity contribution in [3.05, 3.63) is 22.4 Å². The highest BCUT2D eigenvalue weighted by atomic mass is 32.1. The number of carbonyl (C=O) groups excluding carboxylic acids is 2. The molecule has 1 aromatic rings. The summed E-state index contributed by atoms with van der Waals surface area (Å²) in [7, 11) is 0. The minimum atomic E-state index is -0.0438. The van der Waals surface area contributed by atoms with Crippen molar-refractivity contribution in [1.29, 1.82) is 0 Å². The van der Waals surface area contributed by atoms with Crippen LogP contribution in [-0.2, 0) is 4.79 Å². The molecule has 0 aliphatic carbocycles. The zero-order chi connectivity index (χ0) is 11.1. The highest BCUT2D eigenvalue weighted by Crippen LogP contribution is 2.10. The van der Waals surface area contributed by atoms with Gasteiger partial charge >= 0.3 is 0 Å². The van der Waals surface area contributed by atoms with Crippen molar-refractivity contribution >= 4 is 22.9 Å². The first kappa shape index (κ1) is 12.1. The maximum Gasteiger partial charge on any atom is 0.171 e. The van der Waals surface area contributed by atoms with E-state index in [-0.39, 0.29) is 18.0 Å². The molecule has 0 aliphatic heterocycles. The number of carbonyl (C=O) groups is 2. The minimum absolute atomic E-state index is 0.0438. The van der Waals surface area contributed by atoms with Gasteiger partial charge in [-0.25, -0.2) is 0 Å². The third-order valence-corrected chi connectivity index (χ3v) is 2.94. The summed E-state index contributed by atoms with van der Waals surface area (Å²) in [4.78, 5) is 22.9. The smallest absolute Gasteiger partial charge is 0.171 e. The molecule has 0 aliphatic rings. The Morgan fingerprint density at radius 2 is 2.13 bits per heavy atom. The van der Waals surface area contributed by atoms with Crippen LogP contribution < -0.4 is 0 Å². The van der Waals surface area contributed by atoms with E-state index < -0.39 is 0 Å². The van der Waals surface area contributed by atoms with Crippen LogP contribution in [0, 0.1) is 0 Å². The number of hydrogen-bond donors (Lipinski definition) is 0. The predicted molar refractivity (Wildman–Crippen MR) is 62.4 cm³/mol. The molecule has 1 rings (SSSR count). The number of thiophene rings is 1. The number of Topliss-reactive ketones (excluding diaryl/α,β-unsaturated/α-hetero) is 2. The van der Waals surface area contributed by atoms with Gasteiger partial charge in [-0.2, -0.15) is 11.3 Å². The molecule has 0 spiro atoms. The van der Waals surface area contributed by atoms with E-state index in [4.69, 9.17) is 0 Å². The summed E-state index contributed by atoms with van der Waals surface area (Å²) in [6.45, 7) is 2.10. The van der Waals surface area contributed by atoms with Crippen molar-refractivity contribution in [3.63, 3.8) is 0 Å². The van der Waals surface area contributed by atoms with Crippen molar-refractivity contribution in [2.24, 2.45) is 0 Å². The second-order valence-electron chi connectivity index (χ2n) is 3.61. The predicted octanol–water partition coefficient (Wildman–Crippen LogP) is 3.47. The highest BCUT2D eigenvalue weighted by molar-refractivity contribution is 7.08. The molecule has 0 bridgehead atoms. The Morgan fingerprint density at radius 3 is 2.73 bits per heavy atom. The van der Waals surface area contributed by atoms with Crippen molar-refractivity contribution in [2.75, 3.05) is 0 Å². The van der Waals surface area contributed by atoms with Crippen LogP contribution >= 0.6 is 11.3 Å². The summed E-state index contributed by atoms with van der Waals surface area (Å²) in [5.74, 6) is 0.0254. The van der Waals surface area contributed by atoms with E-state index in [0.29, 0.717) is 12.0 Å². The molecule has 0 aromatic carbocycles. The van der Waals surface area contributed by atoms with E-state index in [1.807, 2.05) is 5.38 Å². The zero-order valence-electron chi connectivity index (χ0n) is 8.99. The van der Waals surface area contributed by atoms with Crippen LogP contribution in [0.3, 0.4) is 0 Å². The van der Waals surface area contributed by atoms with Gasteiger partial charge in [-0.15, -0.1) is 0 Å². The summed E-state index contributed by atoms with van der Waals surface area (Å²) >= 11 is 1.48. The van der Waals surface area contributed by atoms with Crippen LogP contribution in [0.2, 0.25) is 0 Å². The van der Waals surface area contributed by atoms with Crippen LogP contribution in [0.15, 0.2) is 16.8 Å². The van der Waals surface area contributed by atoms with Crippen LogP contribution in [0.1, 0.15) is 49.4 Å². The lowest BCUT2D eigenvalue weighted by Crippen LogP contribution is -2.07. The Kier molecular flexibility index (Phi) is 5.26. The van der Waals surface area contributed by atoms with Gasteiger partial charge in [-0.05, 0) is 17.9 Å². The molecule has 0 N–H and O–H groups in total. The lowest BCUT2D eigenvalue weighted by Gasteiger charge is -1.98. The Labute approximate surface area is 94.3 Å². The second kappa shape index (κ2) is 6.51. The molecular weight excluding hydrogens is 208 g/mol. The summed E-state index contributed by atoms with van der Waals surface area (Å²) in [6.07, 6.45) is 3.69. The van der Waals surface area contributed by atoms with Gasteiger partial charge in [0.2, 0.25) is 0 Å². The van der Waals surface area contributed by atoms with Crippen LogP contribution in [0.5, 0.6) is 0 Å². The number of ketones is 2. The molecule has 0 saturated heterocycles. The minimum Gasteiger partial charge on any atom is -0.299 e. The molecule has 0 amide bonds. The van der Waals surface area contributed by atoms with E-state index in [0.717, 1.165) is 19.3 Å². The summed E-state index contributed by atoms with van der Waals surface area (Å²) in [6, 6.07) is 1.77. The molecule has 0 unspecified atom stereocenters. The van der Waals surface area contributed by atoms with Crippen LogP contribution in [0.25, 0.3) is 0 Å². The maximum atomic E-state index is 11.5. The van der Waals surface area contributed by atoms with Crippen molar-refractivity contribution < 1.29 is 9.59 Å². The molecule has 82 valence electrons. The molecule has 2 nitrogen and oxygen atoms in total. The van der Waals surface area contributed by atoms with Crippen molar-refractivity contribution in [1.82, 2.24) is 0 Å². The van der Waals surface area contributed by atoms with E-state index in [1.54, 1.807) is 11.4 Å². The molecule has 15 heavy (non-hydrogen) atoms. The van der Waals surface area contributed by atoms with Gasteiger partial charge in [-0.3, -0.25) is 9.59 Å². The SMILES string of the molecule is CCCCCC(=O)CC(=O)c1ccsc1. The molecule has 0 atom stereocenters. The topological polar surface area (TPSA) is 34.1 Å². The lowest BCUT2D eigenvalue weighted by molar-refractivity contribution is -0.118. The first-order valence-electron chi connectivity index (χ1n) is 5.31. The normalized spacial score (nSPS) is 10.2. The Bertz CT molecular complexity index is 314. The quantitative estimate of drug-likeness (QED) is 0.404. The largest absolute Gasteiger partial charge is 0.299 e. The Morgan fingerprint density at radius 1 is 1.33 bits per heavy atom. The van der Waals surface area contributed by atoms with Gasteiger partial charge < -0.3 is 0 Å². The molecule has 0 saturated carbocycles. The maximum absolute atomic E-state index is 11.5. The molecular formula is C12H16O2S. The lowest BCUT2D eigenvalue weighted by atomic mass is 10.0. The Balaban J connectivity index is 2.29. The number of unbranched alkanes of at least 4 members (excludes halogenated alkanes) is 2. The standard InChI is InChI=1S/C12H16O2S/c1-2-3-4-5-11(13)8-12(14)10-6-7-15-9-10/h6-7,9H,2-5,8H2,1H3. The second-order valence-corrected chi connectivity index (χ2v) is 4.39. The van der Waals surface area contributed by atoms with Gasteiger partial charge in [0.1, 0.15) is 5.78 Å². The molecule has 1 heterocycles. The molecule has 3 heteroatoms. The van der Waals surface area contributed by atoms with Crippen LogP contribution in [0.4, 0.5) is 0 Å². The average Bonchev–Trinajstić information content (AvgIpc) is 2.70. The van der Waals surface area contributed by atoms with E-state index in [2.05, 4.69) is 6.92 Å². The fourth-order valence-corrected chi connectivity index (χ4v) is 2.03. The van der Waals surface area contributed by atoms with Crippen molar-refractivity contribution in [2.45, 2.75) is 39.0 Å². The van der Waals surface area contributed by atoms with Crippen LogP contribution in [-0.4, -0.2) is 11.6 Å². The monoisotopic (exact) mass is 224 g/mol. The van der Waals surface area contributed by atoms with Gasteiger partial charge in [-0.1, -0.05) is 19.8 Å². The van der Waals surface area contributed by atoms with Gasteiger partial charge in [0.05, 0.1) is 6.42 Å². The van der Waals surface area contributed by atoms with Crippen molar-refractivity contribution in [3.8, 4) is 0 Å². The fraction of sp³-hybridized carbons (Fsp3) is 0.500. The van der Waals surface area contributed by atoms with E-state index in [1.165, 1.54) is 11.3 Å². The Hall–Kier alpha value is -0.960. The van der Waals surface area contributed by atoms with Gasteiger partial charge in [0.25, 0.3) is 0 Å². The van der Waals surface area contributed by atoms with E-state index >= 15 is 0 Å². The average molecular weight is 224 g/mol. The highest BCUT2D eigenvalue weighted by Gasteiger charge is 2.11. The third-order valence-electron chi connectivity index (χ3n) is 2.26. The summed E-state index contributed by atoms with van der Waals surface area (Å²) in [5.41, 5.74) is 0.670. The first-order chi connectivity index (χ1) is 7.24. The van der Waals surface area contributed by atoms with E-state index in [9.17, 15) is 9.59 Å². The number of rotatable bonds is 7. The summed E-state index contributed by atoms with van der Waals surface area (Å²) < 4.78 is 0. The zero-order valence-corrected chi connectivity index (χ0v) is 9.81. The third kappa shape index (κ3) is 4.38. The first-order valence-corrected chi connectivity index (χ1v) is 6.25. The molecule has 0 radical (unpaired) electrons. The molecule has 1 aromatic heterocycles. The van der Waals surface area contributed by atoms with Gasteiger partial charge in [0, 0.05) is 17.4 Å². The summed E-state index contributed by atoms with van der Waals surface area (Å²) in [5, 5.41) is 3.65. The van der Waals surface area contributed by atoms with Gasteiger partial charge in [0.15, 0.2) is 5.78 Å². The fourth-order valence-electron chi connectivity index (χ4n) is 1.36. The molecule has 0 fully saturated rings. The number of hydrogen-bond acceptors (Lipinski definition) is 3.